The number of benzene rings is 2. The smallest absolute Gasteiger partial charge is 0.404 e. The molecule has 0 aliphatic carbocycles. The van der Waals surface area contributed by atoms with Gasteiger partial charge in [0.15, 0.2) is 0 Å². The molecule has 1 heterocycles. The van der Waals surface area contributed by atoms with Crippen LogP contribution in [-0.2, 0) is 6.42 Å². The molecule has 5 nitrogen and oxygen atoms in total. The lowest BCUT2D eigenvalue weighted by molar-refractivity contribution is 0.190. The van der Waals surface area contributed by atoms with Gasteiger partial charge in [0.25, 0.3) is 0 Å². The second-order valence-corrected chi connectivity index (χ2v) is 6.62. The van der Waals surface area contributed by atoms with E-state index in [1.54, 1.807) is 6.20 Å². The topological polar surface area (TPSA) is 88.2 Å². The summed E-state index contributed by atoms with van der Waals surface area (Å²) in [5.41, 5.74) is 11.7. The minimum absolute atomic E-state index is 0.0781. The fourth-order valence-corrected chi connectivity index (χ4v) is 3.04. The fraction of sp³-hybridized carbons (Fsp3) is 0.182. The zero-order chi connectivity index (χ0) is 19.2. The highest BCUT2D eigenvalue weighted by Crippen LogP contribution is 2.31. The van der Waals surface area contributed by atoms with Crippen LogP contribution in [0.4, 0.5) is 10.5 Å². The molecule has 1 aromatic heterocycles. The molecule has 1 unspecified atom stereocenters. The maximum atomic E-state index is 10.7. The third-order valence-corrected chi connectivity index (χ3v) is 4.46. The maximum Gasteiger partial charge on any atom is 0.404 e. The Bertz CT molecular complexity index is 909. The van der Waals surface area contributed by atoms with Gasteiger partial charge in [-0.25, -0.2) is 4.79 Å². The summed E-state index contributed by atoms with van der Waals surface area (Å²) in [5, 5.41) is 11.2. The summed E-state index contributed by atoms with van der Waals surface area (Å²) in [5.74, 6) is 0. The van der Waals surface area contributed by atoms with Gasteiger partial charge in [-0.1, -0.05) is 54.6 Å². The van der Waals surface area contributed by atoms with Crippen molar-refractivity contribution in [1.29, 1.82) is 0 Å². The number of nitrogen functional groups attached to an aromatic ring is 1. The van der Waals surface area contributed by atoms with Crippen molar-refractivity contribution in [2.75, 3.05) is 5.73 Å². The molecule has 3 aromatic rings. The number of carbonyl (C=O) groups is 1. The third-order valence-electron chi connectivity index (χ3n) is 4.46. The van der Waals surface area contributed by atoms with Crippen LogP contribution in [-0.4, -0.2) is 22.2 Å². The van der Waals surface area contributed by atoms with E-state index in [9.17, 15) is 4.79 Å². The number of hydrogen-bond acceptors (Lipinski definition) is 3. The van der Waals surface area contributed by atoms with E-state index in [1.165, 1.54) is 0 Å². The highest BCUT2D eigenvalue weighted by atomic mass is 16.4. The molecule has 0 spiro atoms. The number of aromatic nitrogens is 1. The molecule has 2 aromatic carbocycles. The van der Waals surface area contributed by atoms with Crippen molar-refractivity contribution in [1.82, 2.24) is 10.3 Å². The first-order valence-electron chi connectivity index (χ1n) is 8.92. The Labute approximate surface area is 158 Å². The van der Waals surface area contributed by atoms with Crippen molar-refractivity contribution in [3.8, 4) is 22.4 Å². The number of rotatable bonds is 6. The van der Waals surface area contributed by atoms with Gasteiger partial charge < -0.3 is 16.2 Å². The Kier molecular flexibility index (Phi) is 5.71. The van der Waals surface area contributed by atoms with Crippen LogP contribution in [0.5, 0.6) is 0 Å². The van der Waals surface area contributed by atoms with Gasteiger partial charge in [-0.05, 0) is 37.0 Å². The normalized spacial score (nSPS) is 11.7. The first-order valence-corrected chi connectivity index (χ1v) is 8.92. The number of anilines is 1. The van der Waals surface area contributed by atoms with E-state index >= 15 is 0 Å². The van der Waals surface area contributed by atoms with E-state index in [2.05, 4.69) is 34.6 Å². The van der Waals surface area contributed by atoms with Crippen molar-refractivity contribution in [2.45, 2.75) is 25.8 Å². The molecule has 0 aliphatic heterocycles. The first-order chi connectivity index (χ1) is 13.0. The molecule has 0 aliphatic rings. The first kappa shape index (κ1) is 18.5. The second-order valence-electron chi connectivity index (χ2n) is 6.62. The average molecular weight is 361 g/mol. The summed E-state index contributed by atoms with van der Waals surface area (Å²) in [7, 11) is 0. The van der Waals surface area contributed by atoms with E-state index in [1.807, 2.05) is 43.3 Å². The number of nitrogens with zero attached hydrogens (tertiary/aromatic N) is 1. The van der Waals surface area contributed by atoms with E-state index in [0.29, 0.717) is 5.69 Å². The standard InChI is InChI=1S/C22H23N3O2/c1-15(25-22(26)27)7-8-16-9-11-18(12-10-16)21-20(13-19(23)14-24-21)17-5-3-2-4-6-17/h2-6,9-15,25H,7-8,23H2,1H3,(H,26,27). The zero-order valence-corrected chi connectivity index (χ0v) is 15.2. The van der Waals surface area contributed by atoms with E-state index in [4.69, 9.17) is 10.8 Å². The van der Waals surface area contributed by atoms with Gasteiger partial charge in [-0.3, -0.25) is 4.98 Å². The van der Waals surface area contributed by atoms with Crippen molar-refractivity contribution in [3.63, 3.8) is 0 Å². The van der Waals surface area contributed by atoms with Crippen LogP contribution in [0.1, 0.15) is 18.9 Å². The average Bonchev–Trinajstić information content (AvgIpc) is 2.67. The van der Waals surface area contributed by atoms with Gasteiger partial charge in [0.1, 0.15) is 0 Å². The Morgan fingerprint density at radius 3 is 2.48 bits per heavy atom. The molecular formula is C22H23N3O2. The number of amides is 1. The SMILES string of the molecule is CC(CCc1ccc(-c2ncc(N)cc2-c2ccccc2)cc1)NC(=O)O. The Balaban J connectivity index is 1.81. The van der Waals surface area contributed by atoms with Gasteiger partial charge in [-0.2, -0.15) is 0 Å². The number of nitrogens with two attached hydrogens (primary N) is 1. The number of carboxylic acid groups (broad SMARTS) is 1. The molecule has 1 amide bonds. The molecule has 0 saturated carbocycles. The molecule has 1 atom stereocenters. The molecule has 0 fully saturated rings. The van der Waals surface area contributed by atoms with Crippen LogP contribution in [0, 0.1) is 0 Å². The van der Waals surface area contributed by atoms with Crippen LogP contribution in [0.25, 0.3) is 22.4 Å². The Hall–Kier alpha value is -3.34. The predicted octanol–water partition coefficient (Wildman–Crippen LogP) is 4.59. The largest absolute Gasteiger partial charge is 0.465 e. The van der Waals surface area contributed by atoms with Crippen molar-refractivity contribution >= 4 is 11.8 Å². The van der Waals surface area contributed by atoms with Gasteiger partial charge in [0, 0.05) is 17.2 Å². The lowest BCUT2D eigenvalue weighted by Crippen LogP contribution is -2.31. The highest BCUT2D eigenvalue weighted by Gasteiger charge is 2.10. The van der Waals surface area contributed by atoms with Crippen LogP contribution in [0.3, 0.4) is 0 Å². The summed E-state index contributed by atoms with van der Waals surface area (Å²) in [4.78, 5) is 15.2. The maximum absolute atomic E-state index is 10.7. The molecule has 0 radical (unpaired) electrons. The Morgan fingerprint density at radius 1 is 1.11 bits per heavy atom. The van der Waals surface area contributed by atoms with Crippen LogP contribution < -0.4 is 11.1 Å². The molecule has 4 N–H and O–H groups in total. The second kappa shape index (κ2) is 8.36. The van der Waals surface area contributed by atoms with E-state index < -0.39 is 6.09 Å². The summed E-state index contributed by atoms with van der Waals surface area (Å²) >= 11 is 0. The molecule has 5 heteroatoms. The summed E-state index contributed by atoms with van der Waals surface area (Å²) < 4.78 is 0. The summed E-state index contributed by atoms with van der Waals surface area (Å²) in [6.45, 7) is 1.87. The van der Waals surface area contributed by atoms with Crippen molar-refractivity contribution in [2.24, 2.45) is 0 Å². The fourth-order valence-electron chi connectivity index (χ4n) is 3.04. The van der Waals surface area contributed by atoms with Gasteiger partial charge in [0.05, 0.1) is 17.6 Å². The minimum Gasteiger partial charge on any atom is -0.465 e. The van der Waals surface area contributed by atoms with Gasteiger partial charge in [0.2, 0.25) is 0 Å². The predicted molar refractivity (Wildman–Crippen MR) is 108 cm³/mol. The summed E-state index contributed by atoms with van der Waals surface area (Å²) in [6, 6.07) is 20.2. The van der Waals surface area contributed by atoms with Crippen molar-refractivity contribution in [3.05, 3.63) is 72.4 Å². The molecule has 0 saturated heterocycles. The summed E-state index contributed by atoms with van der Waals surface area (Å²) in [6.07, 6.45) is 2.25. The monoisotopic (exact) mass is 361 g/mol. The molecule has 138 valence electrons. The third kappa shape index (κ3) is 4.85. The van der Waals surface area contributed by atoms with Crippen LogP contribution in [0.15, 0.2) is 66.9 Å². The van der Waals surface area contributed by atoms with Gasteiger partial charge in [-0.15, -0.1) is 0 Å². The van der Waals surface area contributed by atoms with Crippen LogP contribution in [0.2, 0.25) is 0 Å². The lowest BCUT2D eigenvalue weighted by atomic mass is 9.97. The Morgan fingerprint density at radius 2 is 1.81 bits per heavy atom. The molecule has 27 heavy (non-hydrogen) atoms. The molecule has 3 rings (SSSR count). The lowest BCUT2D eigenvalue weighted by Gasteiger charge is -2.12. The zero-order valence-electron chi connectivity index (χ0n) is 15.2. The molecular weight excluding hydrogens is 338 g/mol. The van der Waals surface area contributed by atoms with E-state index in [0.717, 1.165) is 40.8 Å². The molecule has 0 bridgehead atoms. The quantitative estimate of drug-likeness (QED) is 0.599. The number of nitrogens with one attached hydrogen (secondary N) is 1. The number of aryl methyl sites for hydroxylation is 1. The highest BCUT2D eigenvalue weighted by molar-refractivity contribution is 5.82. The van der Waals surface area contributed by atoms with E-state index in [-0.39, 0.29) is 6.04 Å². The van der Waals surface area contributed by atoms with Gasteiger partial charge >= 0.3 is 6.09 Å². The number of pyridine rings is 1. The number of hydrogen-bond donors (Lipinski definition) is 3. The van der Waals surface area contributed by atoms with Crippen molar-refractivity contribution < 1.29 is 9.90 Å². The minimum atomic E-state index is -0.985. The van der Waals surface area contributed by atoms with Crippen LogP contribution >= 0.6 is 0 Å².